The quantitative estimate of drug-likeness (QED) is 0.421. The lowest BCUT2D eigenvalue weighted by Gasteiger charge is -2.36. The van der Waals surface area contributed by atoms with Crippen LogP contribution in [-0.4, -0.2) is 41.9 Å². The molecule has 6 nitrogen and oxygen atoms in total. The fourth-order valence-electron chi connectivity index (χ4n) is 2.76. The van der Waals surface area contributed by atoms with Gasteiger partial charge < -0.3 is 9.80 Å². The molecule has 3 rings (SSSR count). The Labute approximate surface area is 153 Å². The largest absolute Gasteiger partial charge is 0.368 e. The summed E-state index contributed by atoms with van der Waals surface area (Å²) >= 11 is 2.20. The zero-order valence-electron chi connectivity index (χ0n) is 12.9. The molecule has 0 bridgehead atoms. The van der Waals surface area contributed by atoms with Gasteiger partial charge in [0.05, 0.1) is 4.92 Å². The molecule has 1 saturated heterocycles. The van der Waals surface area contributed by atoms with Gasteiger partial charge in [-0.15, -0.1) is 0 Å². The highest BCUT2D eigenvalue weighted by Gasteiger charge is 2.22. The molecule has 0 spiro atoms. The monoisotopic (exact) mass is 437 g/mol. The zero-order valence-corrected chi connectivity index (χ0v) is 15.0. The number of benzene rings is 2. The van der Waals surface area contributed by atoms with Crippen molar-refractivity contribution in [1.82, 2.24) is 4.90 Å². The molecule has 1 amide bonds. The maximum atomic E-state index is 12.5. The number of nitro groups is 1. The van der Waals surface area contributed by atoms with Gasteiger partial charge in [0, 0.05) is 53.1 Å². The van der Waals surface area contributed by atoms with E-state index in [1.54, 1.807) is 12.1 Å². The molecule has 0 atom stereocenters. The standard InChI is InChI=1S/C17H16IN3O3/c18-14-3-1-2-13(12-14)17(22)20-10-8-19(9-11-20)15-4-6-16(7-5-15)21(23)24/h1-7,12H,8-11H2. The molecule has 1 aliphatic heterocycles. The number of piperazine rings is 1. The first-order valence-corrected chi connectivity index (χ1v) is 8.67. The number of nitro benzene ring substituents is 1. The molecule has 0 aromatic heterocycles. The van der Waals surface area contributed by atoms with E-state index in [1.165, 1.54) is 12.1 Å². The van der Waals surface area contributed by atoms with Crippen molar-refractivity contribution in [2.75, 3.05) is 31.1 Å². The molecule has 1 fully saturated rings. The van der Waals surface area contributed by atoms with E-state index in [2.05, 4.69) is 27.5 Å². The maximum absolute atomic E-state index is 12.5. The minimum Gasteiger partial charge on any atom is -0.368 e. The summed E-state index contributed by atoms with van der Waals surface area (Å²) < 4.78 is 1.04. The van der Waals surface area contributed by atoms with Crippen LogP contribution in [-0.2, 0) is 0 Å². The van der Waals surface area contributed by atoms with E-state index in [9.17, 15) is 14.9 Å². The number of nitrogens with zero attached hydrogens (tertiary/aromatic N) is 3. The van der Waals surface area contributed by atoms with E-state index in [1.807, 2.05) is 29.2 Å². The molecule has 0 aliphatic carbocycles. The maximum Gasteiger partial charge on any atom is 0.269 e. The van der Waals surface area contributed by atoms with Crippen LogP contribution in [0, 0.1) is 13.7 Å². The smallest absolute Gasteiger partial charge is 0.269 e. The SMILES string of the molecule is O=C(c1cccc(I)c1)N1CCN(c2ccc([N+](=O)[O-])cc2)CC1. The van der Waals surface area contributed by atoms with Gasteiger partial charge in [-0.1, -0.05) is 6.07 Å². The Balaban J connectivity index is 1.63. The van der Waals surface area contributed by atoms with Crippen molar-refractivity contribution in [3.63, 3.8) is 0 Å². The normalized spacial score (nSPS) is 14.5. The number of hydrogen-bond donors (Lipinski definition) is 0. The molecule has 2 aromatic carbocycles. The van der Waals surface area contributed by atoms with Gasteiger partial charge in [0.25, 0.3) is 11.6 Å². The van der Waals surface area contributed by atoms with Crippen LogP contribution in [0.2, 0.25) is 0 Å². The molecule has 24 heavy (non-hydrogen) atoms. The molecule has 0 N–H and O–H groups in total. The van der Waals surface area contributed by atoms with Crippen LogP contribution in [0.25, 0.3) is 0 Å². The van der Waals surface area contributed by atoms with Crippen LogP contribution >= 0.6 is 22.6 Å². The molecule has 0 saturated carbocycles. The predicted molar refractivity (Wildman–Crippen MR) is 100 cm³/mol. The summed E-state index contributed by atoms with van der Waals surface area (Å²) in [6.07, 6.45) is 0. The Morgan fingerprint density at radius 1 is 1.04 bits per heavy atom. The van der Waals surface area contributed by atoms with E-state index in [0.29, 0.717) is 31.7 Å². The molecule has 2 aromatic rings. The molecule has 7 heteroatoms. The third-order valence-electron chi connectivity index (χ3n) is 4.06. The number of carbonyl (C=O) groups is 1. The minimum atomic E-state index is -0.401. The van der Waals surface area contributed by atoms with Gasteiger partial charge in [0.15, 0.2) is 0 Å². The highest BCUT2D eigenvalue weighted by atomic mass is 127. The Hall–Kier alpha value is -2.16. The number of anilines is 1. The number of hydrogen-bond acceptors (Lipinski definition) is 4. The van der Waals surface area contributed by atoms with E-state index < -0.39 is 4.92 Å². The molecule has 0 radical (unpaired) electrons. The van der Waals surface area contributed by atoms with E-state index in [-0.39, 0.29) is 11.6 Å². The van der Waals surface area contributed by atoms with Gasteiger partial charge in [0.2, 0.25) is 0 Å². The Morgan fingerprint density at radius 3 is 2.29 bits per heavy atom. The Morgan fingerprint density at radius 2 is 1.71 bits per heavy atom. The first kappa shape index (κ1) is 16.7. The van der Waals surface area contributed by atoms with Crippen molar-refractivity contribution in [2.45, 2.75) is 0 Å². The topological polar surface area (TPSA) is 66.7 Å². The van der Waals surface area contributed by atoms with Crippen molar-refractivity contribution >= 4 is 39.9 Å². The summed E-state index contributed by atoms with van der Waals surface area (Å²) in [5.41, 5.74) is 1.75. The lowest BCUT2D eigenvalue weighted by atomic mass is 10.1. The summed E-state index contributed by atoms with van der Waals surface area (Å²) in [5, 5.41) is 10.7. The zero-order chi connectivity index (χ0) is 17.1. The highest BCUT2D eigenvalue weighted by Crippen LogP contribution is 2.21. The fourth-order valence-corrected chi connectivity index (χ4v) is 3.30. The van der Waals surface area contributed by atoms with E-state index >= 15 is 0 Å². The van der Waals surface area contributed by atoms with Crippen molar-refractivity contribution < 1.29 is 9.72 Å². The molecule has 1 aliphatic rings. The Bertz CT molecular complexity index is 756. The summed E-state index contributed by atoms with van der Waals surface area (Å²) in [6.45, 7) is 2.71. The van der Waals surface area contributed by atoms with Crippen LogP contribution < -0.4 is 4.90 Å². The summed E-state index contributed by atoms with van der Waals surface area (Å²) in [7, 11) is 0. The first-order chi connectivity index (χ1) is 11.5. The lowest BCUT2D eigenvalue weighted by molar-refractivity contribution is -0.384. The second kappa shape index (κ2) is 7.16. The molecular formula is C17H16IN3O3. The molecule has 1 heterocycles. The number of halogens is 1. The lowest BCUT2D eigenvalue weighted by Crippen LogP contribution is -2.48. The number of rotatable bonds is 3. The molecule has 124 valence electrons. The predicted octanol–water partition coefficient (Wildman–Crippen LogP) is 3.16. The summed E-state index contributed by atoms with van der Waals surface area (Å²) in [5.74, 6) is 0.0527. The van der Waals surface area contributed by atoms with Crippen LogP contribution in [0.1, 0.15) is 10.4 Å². The highest BCUT2D eigenvalue weighted by molar-refractivity contribution is 14.1. The van der Waals surface area contributed by atoms with Crippen molar-refractivity contribution in [3.05, 3.63) is 67.8 Å². The summed E-state index contributed by atoms with van der Waals surface area (Å²) in [6, 6.07) is 14.1. The molecular weight excluding hydrogens is 421 g/mol. The minimum absolute atomic E-state index is 0.0527. The number of non-ortho nitro benzene ring substituents is 1. The van der Waals surface area contributed by atoms with Gasteiger partial charge in [0.1, 0.15) is 0 Å². The van der Waals surface area contributed by atoms with Crippen LogP contribution in [0.3, 0.4) is 0 Å². The third kappa shape index (κ3) is 3.66. The number of amides is 1. The van der Waals surface area contributed by atoms with Crippen molar-refractivity contribution in [3.8, 4) is 0 Å². The summed E-state index contributed by atoms with van der Waals surface area (Å²) in [4.78, 5) is 26.9. The fraction of sp³-hybridized carbons (Fsp3) is 0.235. The van der Waals surface area contributed by atoms with E-state index in [4.69, 9.17) is 0 Å². The van der Waals surface area contributed by atoms with E-state index in [0.717, 1.165) is 9.26 Å². The third-order valence-corrected chi connectivity index (χ3v) is 4.74. The average Bonchev–Trinajstić information content (AvgIpc) is 2.61. The van der Waals surface area contributed by atoms with Gasteiger partial charge in [-0.05, 0) is 52.9 Å². The van der Waals surface area contributed by atoms with Crippen molar-refractivity contribution in [1.29, 1.82) is 0 Å². The first-order valence-electron chi connectivity index (χ1n) is 7.59. The van der Waals surface area contributed by atoms with Crippen LogP contribution in [0.4, 0.5) is 11.4 Å². The Kier molecular flexibility index (Phi) is 4.98. The second-order valence-corrected chi connectivity index (χ2v) is 6.81. The second-order valence-electron chi connectivity index (χ2n) is 5.56. The van der Waals surface area contributed by atoms with Gasteiger partial charge in [-0.25, -0.2) is 0 Å². The van der Waals surface area contributed by atoms with Crippen LogP contribution in [0.15, 0.2) is 48.5 Å². The average molecular weight is 437 g/mol. The van der Waals surface area contributed by atoms with Gasteiger partial charge >= 0.3 is 0 Å². The van der Waals surface area contributed by atoms with Gasteiger partial charge in [-0.3, -0.25) is 14.9 Å². The van der Waals surface area contributed by atoms with Crippen LogP contribution in [0.5, 0.6) is 0 Å². The molecule has 0 unspecified atom stereocenters. The number of carbonyl (C=O) groups excluding carboxylic acids is 1. The van der Waals surface area contributed by atoms with Gasteiger partial charge in [-0.2, -0.15) is 0 Å². The van der Waals surface area contributed by atoms with Crippen molar-refractivity contribution in [2.24, 2.45) is 0 Å².